The molecule has 0 aliphatic heterocycles. The third-order valence-electron chi connectivity index (χ3n) is 1.02. The second-order valence-corrected chi connectivity index (χ2v) is 3.81. The van der Waals surface area contributed by atoms with Crippen molar-refractivity contribution in [2.24, 2.45) is 5.84 Å². The van der Waals surface area contributed by atoms with Gasteiger partial charge in [-0.15, -0.1) is 0 Å². The minimum absolute atomic E-state index is 0.130. The SMILES string of the molecule is CC(=O)CN(N)C(=O)OC(C)(C)C. The van der Waals surface area contributed by atoms with Crippen LogP contribution in [-0.4, -0.2) is 29.0 Å². The Balaban J connectivity index is 4.05. The van der Waals surface area contributed by atoms with Crippen molar-refractivity contribution >= 4 is 11.9 Å². The standard InChI is InChI=1S/C8H16N2O3/c1-6(11)5-10(9)7(12)13-8(2,3)4/h5,9H2,1-4H3. The van der Waals surface area contributed by atoms with E-state index < -0.39 is 11.7 Å². The maximum absolute atomic E-state index is 11.1. The predicted octanol–water partition coefficient (Wildman–Crippen LogP) is 0.686. The van der Waals surface area contributed by atoms with Gasteiger partial charge >= 0.3 is 6.09 Å². The number of carbonyl (C=O) groups is 2. The molecule has 0 unspecified atom stereocenters. The van der Waals surface area contributed by atoms with Gasteiger partial charge in [-0.05, 0) is 27.7 Å². The third kappa shape index (κ3) is 6.10. The first-order valence-electron chi connectivity index (χ1n) is 3.97. The summed E-state index contributed by atoms with van der Waals surface area (Å²) in [4.78, 5) is 21.7. The van der Waals surface area contributed by atoms with Gasteiger partial charge in [0.2, 0.25) is 0 Å². The first-order valence-corrected chi connectivity index (χ1v) is 3.97. The minimum Gasteiger partial charge on any atom is -0.443 e. The first kappa shape index (κ1) is 11.9. The highest BCUT2D eigenvalue weighted by Gasteiger charge is 2.20. The Hall–Kier alpha value is -1.10. The summed E-state index contributed by atoms with van der Waals surface area (Å²) in [7, 11) is 0. The van der Waals surface area contributed by atoms with Gasteiger partial charge in [-0.2, -0.15) is 0 Å². The molecule has 0 aromatic heterocycles. The second kappa shape index (κ2) is 4.23. The van der Waals surface area contributed by atoms with Gasteiger partial charge in [0, 0.05) is 0 Å². The molecule has 76 valence electrons. The van der Waals surface area contributed by atoms with Crippen LogP contribution in [0.25, 0.3) is 0 Å². The summed E-state index contributed by atoms with van der Waals surface area (Å²) < 4.78 is 4.91. The number of hydrogen-bond donors (Lipinski definition) is 1. The molecule has 0 aliphatic carbocycles. The van der Waals surface area contributed by atoms with Crippen LogP contribution >= 0.6 is 0 Å². The van der Waals surface area contributed by atoms with Gasteiger partial charge in [0.25, 0.3) is 0 Å². The Morgan fingerprint density at radius 3 is 2.15 bits per heavy atom. The van der Waals surface area contributed by atoms with Gasteiger partial charge in [-0.25, -0.2) is 15.6 Å². The Labute approximate surface area is 77.8 Å². The van der Waals surface area contributed by atoms with E-state index in [9.17, 15) is 9.59 Å². The fraction of sp³-hybridized carbons (Fsp3) is 0.750. The number of nitrogens with zero attached hydrogens (tertiary/aromatic N) is 1. The molecule has 0 aliphatic rings. The number of carbonyl (C=O) groups excluding carboxylic acids is 2. The van der Waals surface area contributed by atoms with Crippen LogP contribution < -0.4 is 5.84 Å². The highest BCUT2D eigenvalue weighted by molar-refractivity contribution is 5.81. The Morgan fingerprint density at radius 1 is 1.38 bits per heavy atom. The van der Waals surface area contributed by atoms with E-state index in [0.717, 1.165) is 5.01 Å². The van der Waals surface area contributed by atoms with E-state index in [1.165, 1.54) is 6.92 Å². The summed E-state index contributed by atoms with van der Waals surface area (Å²) in [6.45, 7) is 6.41. The summed E-state index contributed by atoms with van der Waals surface area (Å²) in [6.07, 6.45) is -0.692. The average molecular weight is 188 g/mol. The highest BCUT2D eigenvalue weighted by Crippen LogP contribution is 2.08. The zero-order valence-electron chi connectivity index (χ0n) is 8.46. The van der Waals surface area contributed by atoms with Crippen molar-refractivity contribution in [2.75, 3.05) is 6.54 Å². The summed E-state index contributed by atoms with van der Waals surface area (Å²) in [6, 6.07) is 0. The van der Waals surface area contributed by atoms with E-state index in [4.69, 9.17) is 10.6 Å². The van der Waals surface area contributed by atoms with Crippen LogP contribution in [0.1, 0.15) is 27.7 Å². The van der Waals surface area contributed by atoms with Gasteiger partial charge < -0.3 is 4.74 Å². The van der Waals surface area contributed by atoms with Crippen LogP contribution in [0, 0.1) is 0 Å². The molecular weight excluding hydrogens is 172 g/mol. The molecule has 0 spiro atoms. The van der Waals surface area contributed by atoms with Crippen molar-refractivity contribution in [2.45, 2.75) is 33.3 Å². The number of ether oxygens (including phenoxy) is 1. The lowest BCUT2D eigenvalue weighted by Crippen LogP contribution is -2.43. The van der Waals surface area contributed by atoms with Crippen molar-refractivity contribution in [1.82, 2.24) is 5.01 Å². The second-order valence-electron chi connectivity index (χ2n) is 3.81. The quantitative estimate of drug-likeness (QED) is 0.393. The molecule has 0 atom stereocenters. The van der Waals surface area contributed by atoms with Crippen molar-refractivity contribution in [1.29, 1.82) is 0 Å². The highest BCUT2D eigenvalue weighted by atomic mass is 16.6. The molecule has 0 radical (unpaired) electrons. The normalized spacial score (nSPS) is 10.8. The molecule has 5 nitrogen and oxygen atoms in total. The molecular formula is C8H16N2O3. The number of hydrazine groups is 1. The number of rotatable bonds is 2. The monoisotopic (exact) mass is 188 g/mol. The van der Waals surface area contributed by atoms with Gasteiger partial charge in [-0.3, -0.25) is 4.79 Å². The maximum Gasteiger partial charge on any atom is 0.424 e. The van der Waals surface area contributed by atoms with E-state index in [0.29, 0.717) is 0 Å². The van der Waals surface area contributed by atoms with Crippen LogP contribution in [0.15, 0.2) is 0 Å². The Kier molecular flexibility index (Phi) is 3.87. The molecule has 0 rings (SSSR count). The molecule has 0 aromatic carbocycles. The van der Waals surface area contributed by atoms with E-state index in [1.54, 1.807) is 20.8 Å². The zero-order valence-corrected chi connectivity index (χ0v) is 8.46. The number of hydrogen-bond acceptors (Lipinski definition) is 4. The Bertz CT molecular complexity index is 208. The summed E-state index contributed by atoms with van der Waals surface area (Å²) in [5.41, 5.74) is -0.592. The molecule has 0 heterocycles. The lowest BCUT2D eigenvalue weighted by atomic mass is 10.2. The van der Waals surface area contributed by atoms with Crippen molar-refractivity contribution < 1.29 is 14.3 Å². The maximum atomic E-state index is 11.1. The smallest absolute Gasteiger partial charge is 0.424 e. The van der Waals surface area contributed by atoms with E-state index in [-0.39, 0.29) is 12.3 Å². The molecule has 0 aromatic rings. The largest absolute Gasteiger partial charge is 0.443 e. The van der Waals surface area contributed by atoms with Crippen molar-refractivity contribution in [3.63, 3.8) is 0 Å². The molecule has 0 bridgehead atoms. The number of amides is 1. The van der Waals surface area contributed by atoms with Gasteiger partial charge in [0.1, 0.15) is 5.60 Å². The van der Waals surface area contributed by atoms with Crippen LogP contribution in [0.2, 0.25) is 0 Å². The van der Waals surface area contributed by atoms with E-state index in [1.807, 2.05) is 0 Å². The van der Waals surface area contributed by atoms with E-state index in [2.05, 4.69) is 0 Å². The first-order chi connectivity index (χ1) is 5.72. The third-order valence-corrected chi connectivity index (χ3v) is 1.02. The van der Waals surface area contributed by atoms with Crippen LogP contribution in [0.5, 0.6) is 0 Å². The number of Topliss-reactive ketones (excluding diaryl/α,β-unsaturated/α-hetero) is 1. The molecule has 0 saturated carbocycles. The lowest BCUT2D eigenvalue weighted by molar-refractivity contribution is -0.118. The van der Waals surface area contributed by atoms with E-state index >= 15 is 0 Å². The van der Waals surface area contributed by atoms with Crippen molar-refractivity contribution in [3.8, 4) is 0 Å². The minimum atomic E-state index is -0.692. The lowest BCUT2D eigenvalue weighted by Gasteiger charge is -2.23. The summed E-state index contributed by atoms with van der Waals surface area (Å²) in [5.74, 6) is 5.08. The number of nitrogens with two attached hydrogens (primary N) is 1. The molecule has 1 amide bonds. The predicted molar refractivity (Wildman–Crippen MR) is 47.8 cm³/mol. The fourth-order valence-corrected chi connectivity index (χ4v) is 0.625. The van der Waals surface area contributed by atoms with Crippen molar-refractivity contribution in [3.05, 3.63) is 0 Å². The fourth-order valence-electron chi connectivity index (χ4n) is 0.625. The van der Waals surface area contributed by atoms with Gasteiger partial charge in [-0.1, -0.05) is 0 Å². The van der Waals surface area contributed by atoms with Gasteiger partial charge in [0.05, 0.1) is 6.54 Å². The topological polar surface area (TPSA) is 72.6 Å². The van der Waals surface area contributed by atoms with Crippen LogP contribution in [-0.2, 0) is 9.53 Å². The molecule has 2 N–H and O–H groups in total. The van der Waals surface area contributed by atoms with Crippen LogP contribution in [0.3, 0.4) is 0 Å². The van der Waals surface area contributed by atoms with Gasteiger partial charge in [0.15, 0.2) is 5.78 Å². The average Bonchev–Trinajstić information content (AvgIpc) is 1.81. The summed E-state index contributed by atoms with van der Waals surface area (Å²) in [5, 5.41) is 0.758. The molecule has 13 heavy (non-hydrogen) atoms. The summed E-state index contributed by atoms with van der Waals surface area (Å²) >= 11 is 0. The number of ketones is 1. The Morgan fingerprint density at radius 2 is 1.85 bits per heavy atom. The van der Waals surface area contributed by atoms with Crippen LogP contribution in [0.4, 0.5) is 4.79 Å². The molecule has 5 heteroatoms. The molecule has 0 fully saturated rings. The molecule has 0 saturated heterocycles. The zero-order chi connectivity index (χ0) is 10.6.